The quantitative estimate of drug-likeness (QED) is 0.706. The summed E-state index contributed by atoms with van der Waals surface area (Å²) in [5, 5.41) is 0. The number of rotatable bonds is 5. The number of carbonyl (C=O) groups excluding carboxylic acids is 1. The molecule has 0 spiro atoms. The molecule has 0 aromatic rings. The molecule has 1 aliphatic heterocycles. The van der Waals surface area contributed by atoms with Crippen LogP contribution >= 0.6 is 12.8 Å². The summed E-state index contributed by atoms with van der Waals surface area (Å²) >= 11 is 4.14. The largest absolute Gasteiger partial charge is 0.378 e. The Morgan fingerprint density at radius 3 is 2.44 bits per heavy atom. The fourth-order valence-corrected chi connectivity index (χ4v) is 2.90. The minimum absolute atomic E-state index is 0.111. The van der Waals surface area contributed by atoms with Crippen LogP contribution in [0.1, 0.15) is 13.8 Å². The lowest BCUT2D eigenvalue weighted by Crippen LogP contribution is -2.56. The maximum Gasteiger partial charge on any atom is 0.241 e. The second-order valence-electron chi connectivity index (χ2n) is 5.73. The normalized spacial score (nSPS) is 19.1. The number of hydrogen-bond donors (Lipinski definition) is 2. The topological polar surface area (TPSA) is 44.8 Å². The van der Waals surface area contributed by atoms with Crippen molar-refractivity contribution in [1.29, 1.82) is 0 Å². The summed E-state index contributed by atoms with van der Waals surface area (Å²) in [6.07, 6.45) is 0. The SMILES string of the molecule is CN(C)CC(C)(C)[C@@H](NS)C(=O)N1CCOCC1. The highest BCUT2D eigenvalue weighted by Gasteiger charge is 2.37. The summed E-state index contributed by atoms with van der Waals surface area (Å²) in [5.41, 5.74) is -0.180. The number of hydrogen-bond acceptors (Lipinski definition) is 5. The first kappa shape index (κ1) is 15.8. The maximum absolute atomic E-state index is 12.5. The molecule has 106 valence electrons. The fourth-order valence-electron chi connectivity index (χ4n) is 2.44. The predicted molar refractivity (Wildman–Crippen MR) is 75.6 cm³/mol. The van der Waals surface area contributed by atoms with Crippen molar-refractivity contribution in [2.24, 2.45) is 5.41 Å². The van der Waals surface area contributed by atoms with Crippen LogP contribution in [0.5, 0.6) is 0 Å². The lowest BCUT2D eigenvalue weighted by atomic mass is 9.83. The highest BCUT2D eigenvalue weighted by Crippen LogP contribution is 2.24. The smallest absolute Gasteiger partial charge is 0.241 e. The van der Waals surface area contributed by atoms with Gasteiger partial charge in [-0.25, -0.2) is 0 Å². The number of thiol groups is 1. The molecule has 1 aliphatic rings. The molecule has 1 amide bonds. The van der Waals surface area contributed by atoms with Crippen molar-refractivity contribution in [2.45, 2.75) is 19.9 Å². The monoisotopic (exact) mass is 275 g/mol. The number of nitrogens with zero attached hydrogens (tertiary/aromatic N) is 2. The number of morpholine rings is 1. The van der Waals surface area contributed by atoms with Crippen molar-refractivity contribution < 1.29 is 9.53 Å². The van der Waals surface area contributed by atoms with Crippen LogP contribution in [-0.4, -0.2) is 68.7 Å². The van der Waals surface area contributed by atoms with Gasteiger partial charge in [0.15, 0.2) is 0 Å². The standard InChI is InChI=1S/C12H25N3O2S/c1-12(2,9-14(3)4)10(13-18)11(16)15-5-7-17-8-6-15/h10,13,18H,5-9H2,1-4H3/t10-/m0/s1. The molecule has 0 bridgehead atoms. The van der Waals surface area contributed by atoms with Crippen LogP contribution in [0.2, 0.25) is 0 Å². The van der Waals surface area contributed by atoms with Gasteiger partial charge in [-0.3, -0.25) is 9.52 Å². The van der Waals surface area contributed by atoms with E-state index in [1.807, 2.05) is 19.0 Å². The highest BCUT2D eigenvalue weighted by molar-refractivity contribution is 7.78. The molecule has 1 saturated heterocycles. The van der Waals surface area contributed by atoms with Crippen LogP contribution in [0.4, 0.5) is 0 Å². The summed E-state index contributed by atoms with van der Waals surface area (Å²) < 4.78 is 8.15. The first-order valence-corrected chi connectivity index (χ1v) is 6.74. The van der Waals surface area contributed by atoms with Gasteiger partial charge < -0.3 is 14.5 Å². The Labute approximate surface area is 115 Å². The van der Waals surface area contributed by atoms with Gasteiger partial charge in [-0.15, -0.1) is 0 Å². The van der Waals surface area contributed by atoms with Crippen molar-refractivity contribution in [1.82, 2.24) is 14.5 Å². The van der Waals surface area contributed by atoms with Gasteiger partial charge in [0.1, 0.15) is 6.04 Å². The molecule has 0 unspecified atom stereocenters. The molecule has 1 N–H and O–H groups in total. The average Bonchev–Trinajstić information content (AvgIpc) is 2.28. The Balaban J connectivity index is 2.71. The molecular formula is C12H25N3O2S. The van der Waals surface area contributed by atoms with E-state index < -0.39 is 0 Å². The number of ether oxygens (including phenoxy) is 1. The van der Waals surface area contributed by atoms with Crippen molar-refractivity contribution in [3.63, 3.8) is 0 Å². The van der Waals surface area contributed by atoms with E-state index in [1.165, 1.54) is 0 Å². The highest BCUT2D eigenvalue weighted by atomic mass is 32.1. The summed E-state index contributed by atoms with van der Waals surface area (Å²) in [5.74, 6) is 0.111. The Morgan fingerprint density at radius 1 is 1.44 bits per heavy atom. The van der Waals surface area contributed by atoms with E-state index in [0.717, 1.165) is 6.54 Å². The molecule has 0 aromatic carbocycles. The third-order valence-electron chi connectivity index (χ3n) is 3.20. The van der Waals surface area contributed by atoms with E-state index in [9.17, 15) is 4.79 Å². The Hall–Kier alpha value is -0.300. The third-order valence-corrected chi connectivity index (χ3v) is 3.46. The molecule has 0 aliphatic carbocycles. The van der Waals surface area contributed by atoms with Crippen molar-refractivity contribution >= 4 is 18.7 Å². The van der Waals surface area contributed by atoms with Gasteiger partial charge in [0.25, 0.3) is 0 Å². The van der Waals surface area contributed by atoms with Crippen LogP contribution < -0.4 is 4.72 Å². The molecule has 1 heterocycles. The zero-order valence-corrected chi connectivity index (χ0v) is 12.7. The van der Waals surface area contributed by atoms with E-state index in [0.29, 0.717) is 26.3 Å². The molecule has 1 rings (SSSR count). The van der Waals surface area contributed by atoms with Crippen LogP contribution in [0, 0.1) is 5.41 Å². The summed E-state index contributed by atoms with van der Waals surface area (Å²) in [7, 11) is 4.02. The minimum atomic E-state index is -0.290. The zero-order chi connectivity index (χ0) is 13.8. The third kappa shape index (κ3) is 4.12. The van der Waals surface area contributed by atoms with Gasteiger partial charge in [0.2, 0.25) is 5.91 Å². The van der Waals surface area contributed by atoms with Crippen molar-refractivity contribution in [3.05, 3.63) is 0 Å². The maximum atomic E-state index is 12.5. The van der Waals surface area contributed by atoms with Crippen LogP contribution in [-0.2, 0) is 9.53 Å². The van der Waals surface area contributed by atoms with Gasteiger partial charge >= 0.3 is 0 Å². The van der Waals surface area contributed by atoms with E-state index in [4.69, 9.17) is 4.74 Å². The Morgan fingerprint density at radius 2 is 2.00 bits per heavy atom. The predicted octanol–water partition coefficient (Wildman–Crippen LogP) is 0.236. The fraction of sp³-hybridized carbons (Fsp3) is 0.917. The molecule has 6 heteroatoms. The van der Waals surface area contributed by atoms with Gasteiger partial charge in [-0.05, 0) is 14.1 Å². The first-order valence-electron chi connectivity index (χ1n) is 6.29. The first-order chi connectivity index (χ1) is 8.38. The number of amides is 1. The molecule has 0 radical (unpaired) electrons. The summed E-state index contributed by atoms with van der Waals surface area (Å²) in [6.45, 7) is 7.57. The summed E-state index contributed by atoms with van der Waals surface area (Å²) in [4.78, 5) is 16.4. The molecule has 1 atom stereocenters. The van der Waals surface area contributed by atoms with E-state index in [1.54, 1.807) is 0 Å². The molecule has 0 saturated carbocycles. The summed E-state index contributed by atoms with van der Waals surface area (Å²) in [6, 6.07) is -0.290. The van der Waals surface area contributed by atoms with Gasteiger partial charge in [0, 0.05) is 25.0 Å². The lowest BCUT2D eigenvalue weighted by molar-refractivity contribution is -0.140. The Kier molecular flexibility index (Phi) is 5.91. The minimum Gasteiger partial charge on any atom is -0.378 e. The molecule has 5 nitrogen and oxygen atoms in total. The molecular weight excluding hydrogens is 250 g/mol. The van der Waals surface area contributed by atoms with Crippen LogP contribution in [0.3, 0.4) is 0 Å². The van der Waals surface area contributed by atoms with Crippen molar-refractivity contribution in [3.8, 4) is 0 Å². The zero-order valence-electron chi connectivity index (χ0n) is 11.8. The number of carbonyl (C=O) groups is 1. The number of nitrogens with one attached hydrogen (secondary N) is 1. The van der Waals surface area contributed by atoms with Crippen molar-refractivity contribution in [2.75, 3.05) is 46.9 Å². The van der Waals surface area contributed by atoms with E-state index >= 15 is 0 Å². The van der Waals surface area contributed by atoms with Crippen LogP contribution in [0.25, 0.3) is 0 Å². The van der Waals surface area contributed by atoms with Gasteiger partial charge in [-0.2, -0.15) is 0 Å². The van der Waals surface area contributed by atoms with Gasteiger partial charge in [0.05, 0.1) is 13.2 Å². The van der Waals surface area contributed by atoms with Gasteiger partial charge in [-0.1, -0.05) is 26.7 Å². The second-order valence-corrected chi connectivity index (χ2v) is 5.98. The molecule has 0 aromatic heterocycles. The average molecular weight is 275 g/mol. The van der Waals surface area contributed by atoms with E-state index in [2.05, 4.69) is 36.3 Å². The second kappa shape index (κ2) is 6.75. The Bertz CT molecular complexity index is 278. The molecule has 1 fully saturated rings. The molecule has 18 heavy (non-hydrogen) atoms. The van der Waals surface area contributed by atoms with E-state index in [-0.39, 0.29) is 17.4 Å². The van der Waals surface area contributed by atoms with Crippen LogP contribution in [0.15, 0.2) is 0 Å². The lowest BCUT2D eigenvalue weighted by Gasteiger charge is -2.38.